The van der Waals surface area contributed by atoms with Gasteiger partial charge in [-0.1, -0.05) is 18.2 Å². The maximum Gasteiger partial charge on any atom is 0.0503 e. The summed E-state index contributed by atoms with van der Waals surface area (Å²) >= 11 is 0. The molecule has 0 unspecified atom stereocenters. The van der Waals surface area contributed by atoms with Crippen molar-refractivity contribution in [2.45, 2.75) is 25.3 Å². The van der Waals surface area contributed by atoms with Crippen molar-refractivity contribution in [3.05, 3.63) is 29.8 Å². The van der Waals surface area contributed by atoms with Gasteiger partial charge in [-0.2, -0.15) is 0 Å². The summed E-state index contributed by atoms with van der Waals surface area (Å²) in [5.41, 5.74) is 2.63. The van der Waals surface area contributed by atoms with Crippen molar-refractivity contribution >= 4 is 5.69 Å². The van der Waals surface area contributed by atoms with Crippen LogP contribution in [0.3, 0.4) is 0 Å². The van der Waals surface area contributed by atoms with Crippen LogP contribution in [-0.4, -0.2) is 32.8 Å². The molecule has 1 aromatic rings. The average Bonchev–Trinajstić information content (AvgIpc) is 2.39. The van der Waals surface area contributed by atoms with Crippen molar-refractivity contribution in [1.29, 1.82) is 0 Å². The van der Waals surface area contributed by atoms with E-state index in [1.54, 1.807) is 7.11 Å². The molecule has 0 saturated carbocycles. The van der Waals surface area contributed by atoms with E-state index in [1.165, 1.54) is 24.1 Å². The van der Waals surface area contributed by atoms with Crippen molar-refractivity contribution in [3.63, 3.8) is 0 Å². The van der Waals surface area contributed by atoms with Crippen molar-refractivity contribution < 1.29 is 4.74 Å². The van der Waals surface area contributed by atoms with Crippen LogP contribution in [0.5, 0.6) is 0 Å². The molecule has 1 heterocycles. The molecule has 0 aromatic heterocycles. The first-order chi connectivity index (χ1) is 8.40. The minimum atomic E-state index is 0.611. The molecule has 0 aliphatic carbocycles. The number of hydrogen-bond donors (Lipinski definition) is 2. The molecule has 1 aromatic carbocycles. The minimum absolute atomic E-state index is 0.611. The molecular weight excluding hydrogens is 212 g/mol. The van der Waals surface area contributed by atoms with Crippen LogP contribution in [0.25, 0.3) is 0 Å². The lowest BCUT2D eigenvalue weighted by atomic mass is 10.0. The van der Waals surface area contributed by atoms with Crippen LogP contribution in [-0.2, 0) is 11.2 Å². The van der Waals surface area contributed by atoms with Gasteiger partial charge in [-0.25, -0.2) is 0 Å². The topological polar surface area (TPSA) is 33.3 Å². The van der Waals surface area contributed by atoms with Crippen LogP contribution in [0, 0.1) is 0 Å². The lowest BCUT2D eigenvalue weighted by molar-refractivity contribution is 0.202. The van der Waals surface area contributed by atoms with E-state index in [9.17, 15) is 0 Å². The highest BCUT2D eigenvalue weighted by Gasteiger charge is 2.13. The van der Waals surface area contributed by atoms with Crippen LogP contribution < -0.4 is 10.6 Å². The Morgan fingerprint density at radius 2 is 2.06 bits per heavy atom. The second-order valence-corrected chi connectivity index (χ2v) is 4.57. The Kier molecular flexibility index (Phi) is 4.83. The Hall–Kier alpha value is -1.06. The zero-order valence-corrected chi connectivity index (χ0v) is 10.5. The van der Waals surface area contributed by atoms with Gasteiger partial charge in [0.1, 0.15) is 0 Å². The van der Waals surface area contributed by atoms with Gasteiger partial charge < -0.3 is 15.4 Å². The van der Waals surface area contributed by atoms with Gasteiger partial charge in [0.25, 0.3) is 0 Å². The number of benzene rings is 1. The summed E-state index contributed by atoms with van der Waals surface area (Å²) in [6.45, 7) is 3.03. The van der Waals surface area contributed by atoms with E-state index >= 15 is 0 Å². The summed E-state index contributed by atoms with van der Waals surface area (Å²) < 4.78 is 5.15. The summed E-state index contributed by atoms with van der Waals surface area (Å²) in [6, 6.07) is 9.16. The number of para-hydroxylation sites is 1. The molecule has 2 N–H and O–H groups in total. The van der Waals surface area contributed by atoms with E-state index in [-0.39, 0.29) is 0 Å². The second-order valence-electron chi connectivity index (χ2n) is 4.57. The monoisotopic (exact) mass is 234 g/mol. The van der Waals surface area contributed by atoms with E-state index in [0.717, 1.165) is 26.1 Å². The molecule has 0 spiro atoms. The standard InChI is InChI=1S/C14H22N2O/c1-17-11-8-12-4-2-3-5-14(12)16-13-6-9-15-10-7-13/h2-5,13,15-16H,6-11H2,1H3. The van der Waals surface area contributed by atoms with Crippen LogP contribution >= 0.6 is 0 Å². The predicted molar refractivity (Wildman–Crippen MR) is 71.5 cm³/mol. The molecule has 0 radical (unpaired) electrons. The maximum absolute atomic E-state index is 5.15. The number of ether oxygens (including phenoxy) is 1. The third-order valence-electron chi connectivity index (χ3n) is 3.29. The quantitative estimate of drug-likeness (QED) is 0.818. The lowest BCUT2D eigenvalue weighted by Crippen LogP contribution is -2.35. The molecule has 3 heteroatoms. The van der Waals surface area contributed by atoms with E-state index in [1.807, 2.05) is 0 Å². The summed E-state index contributed by atoms with van der Waals surface area (Å²) in [4.78, 5) is 0. The molecule has 1 fully saturated rings. The molecule has 1 saturated heterocycles. The van der Waals surface area contributed by atoms with Gasteiger partial charge in [0.05, 0.1) is 6.61 Å². The van der Waals surface area contributed by atoms with Gasteiger partial charge >= 0.3 is 0 Å². The molecule has 17 heavy (non-hydrogen) atoms. The molecular formula is C14H22N2O. The zero-order valence-electron chi connectivity index (χ0n) is 10.5. The fraction of sp³-hybridized carbons (Fsp3) is 0.571. The largest absolute Gasteiger partial charge is 0.384 e. The molecule has 1 aliphatic rings. The molecule has 0 atom stereocenters. The van der Waals surface area contributed by atoms with Crippen LogP contribution in [0.2, 0.25) is 0 Å². The van der Waals surface area contributed by atoms with Crippen molar-refractivity contribution in [3.8, 4) is 0 Å². The van der Waals surface area contributed by atoms with E-state index in [2.05, 4.69) is 34.9 Å². The molecule has 0 amide bonds. The Morgan fingerprint density at radius 1 is 1.29 bits per heavy atom. The SMILES string of the molecule is COCCc1ccccc1NC1CCNCC1. The third kappa shape index (κ3) is 3.72. The fourth-order valence-electron chi connectivity index (χ4n) is 2.28. The summed E-state index contributed by atoms with van der Waals surface area (Å²) in [6.07, 6.45) is 3.39. The predicted octanol–water partition coefficient (Wildman–Crippen LogP) is 2.04. The van der Waals surface area contributed by atoms with Gasteiger partial charge in [-0.15, -0.1) is 0 Å². The van der Waals surface area contributed by atoms with Crippen molar-refractivity contribution in [2.24, 2.45) is 0 Å². The van der Waals surface area contributed by atoms with Gasteiger partial charge in [0, 0.05) is 18.8 Å². The first-order valence-electron chi connectivity index (χ1n) is 6.44. The number of anilines is 1. The number of nitrogens with one attached hydrogen (secondary N) is 2. The van der Waals surface area contributed by atoms with Crippen LogP contribution in [0.4, 0.5) is 5.69 Å². The summed E-state index contributed by atoms with van der Waals surface area (Å²) in [7, 11) is 1.75. The van der Waals surface area contributed by atoms with Gasteiger partial charge in [-0.3, -0.25) is 0 Å². The highest BCUT2D eigenvalue weighted by Crippen LogP contribution is 2.19. The zero-order chi connectivity index (χ0) is 11.9. The average molecular weight is 234 g/mol. The van der Waals surface area contributed by atoms with Gasteiger partial charge in [0.2, 0.25) is 0 Å². The Bertz CT molecular complexity index is 335. The summed E-state index contributed by atoms with van der Waals surface area (Å²) in [5.74, 6) is 0. The second kappa shape index (κ2) is 6.62. The van der Waals surface area contributed by atoms with Crippen LogP contribution in [0.1, 0.15) is 18.4 Å². The Balaban J connectivity index is 1.98. The first kappa shape index (κ1) is 12.4. The molecule has 0 bridgehead atoms. The van der Waals surface area contributed by atoms with Gasteiger partial charge in [-0.05, 0) is 44.0 Å². The first-order valence-corrected chi connectivity index (χ1v) is 6.44. The highest BCUT2D eigenvalue weighted by molar-refractivity contribution is 5.52. The van der Waals surface area contributed by atoms with Crippen molar-refractivity contribution in [1.82, 2.24) is 5.32 Å². The van der Waals surface area contributed by atoms with Crippen molar-refractivity contribution in [2.75, 3.05) is 32.1 Å². The Labute approximate surface area is 104 Å². The molecule has 2 rings (SSSR count). The molecule has 94 valence electrons. The number of hydrogen-bond acceptors (Lipinski definition) is 3. The number of rotatable bonds is 5. The normalized spacial score (nSPS) is 17.0. The number of methoxy groups -OCH3 is 1. The van der Waals surface area contributed by atoms with Gasteiger partial charge in [0.15, 0.2) is 0 Å². The van der Waals surface area contributed by atoms with Crippen LogP contribution in [0.15, 0.2) is 24.3 Å². The third-order valence-corrected chi connectivity index (χ3v) is 3.29. The fourth-order valence-corrected chi connectivity index (χ4v) is 2.28. The molecule has 3 nitrogen and oxygen atoms in total. The maximum atomic E-state index is 5.15. The summed E-state index contributed by atoms with van der Waals surface area (Å²) in [5, 5.41) is 7.05. The highest BCUT2D eigenvalue weighted by atomic mass is 16.5. The van der Waals surface area contributed by atoms with E-state index in [4.69, 9.17) is 4.74 Å². The Morgan fingerprint density at radius 3 is 2.82 bits per heavy atom. The number of piperidine rings is 1. The van der Waals surface area contributed by atoms with E-state index in [0.29, 0.717) is 6.04 Å². The van der Waals surface area contributed by atoms with E-state index < -0.39 is 0 Å². The lowest BCUT2D eigenvalue weighted by Gasteiger charge is -2.25. The smallest absolute Gasteiger partial charge is 0.0503 e. The minimum Gasteiger partial charge on any atom is -0.384 e. The molecule has 1 aliphatic heterocycles.